The molecular weight excluding hydrogens is 222 g/mol. The third-order valence-electron chi connectivity index (χ3n) is 3.31. The maximum absolute atomic E-state index is 3.96. The Morgan fingerprint density at radius 2 is 1.94 bits per heavy atom. The van der Waals surface area contributed by atoms with Gasteiger partial charge in [-0.15, -0.1) is 0 Å². The van der Waals surface area contributed by atoms with E-state index in [0.29, 0.717) is 6.04 Å². The topological polar surface area (TPSA) is 40.7 Å². The van der Waals surface area contributed by atoms with Gasteiger partial charge in [0.05, 0.1) is 6.20 Å². The molecule has 0 aliphatic heterocycles. The van der Waals surface area contributed by atoms with Crippen molar-refractivity contribution in [2.45, 2.75) is 39.3 Å². The quantitative estimate of drug-likeness (QED) is 0.818. The summed E-state index contributed by atoms with van der Waals surface area (Å²) in [5.74, 6) is 0. The van der Waals surface area contributed by atoms with Crippen molar-refractivity contribution in [1.29, 1.82) is 0 Å². The molecule has 0 spiro atoms. The average Bonchev–Trinajstić information content (AvgIpc) is 2.93. The summed E-state index contributed by atoms with van der Waals surface area (Å²) in [5.41, 5.74) is 3.94. The second-order valence-corrected chi connectivity index (χ2v) is 4.54. The lowest BCUT2D eigenvalue weighted by molar-refractivity contribution is 0.519. The number of nitrogens with one attached hydrogen (secondary N) is 2. The van der Waals surface area contributed by atoms with E-state index in [1.165, 1.54) is 16.7 Å². The maximum Gasteiger partial charge on any atom is 0.0532 e. The van der Waals surface area contributed by atoms with Crippen molar-refractivity contribution in [2.24, 2.45) is 0 Å². The minimum atomic E-state index is 0.408. The summed E-state index contributed by atoms with van der Waals surface area (Å²) >= 11 is 0. The van der Waals surface area contributed by atoms with Crippen molar-refractivity contribution in [3.05, 3.63) is 53.3 Å². The van der Waals surface area contributed by atoms with Gasteiger partial charge in [-0.3, -0.25) is 5.10 Å². The molecule has 2 aromatic rings. The zero-order valence-electron chi connectivity index (χ0n) is 11.1. The van der Waals surface area contributed by atoms with E-state index in [4.69, 9.17) is 0 Å². The first-order chi connectivity index (χ1) is 8.83. The number of aryl methyl sites for hydroxylation is 1. The summed E-state index contributed by atoms with van der Waals surface area (Å²) in [4.78, 5) is 0. The third kappa shape index (κ3) is 3.20. The van der Waals surface area contributed by atoms with E-state index >= 15 is 0 Å². The predicted molar refractivity (Wildman–Crippen MR) is 74.3 cm³/mol. The molecule has 2 rings (SSSR count). The molecule has 96 valence electrons. The van der Waals surface area contributed by atoms with Crippen LogP contribution in [0.4, 0.5) is 0 Å². The van der Waals surface area contributed by atoms with Crippen LogP contribution in [0.2, 0.25) is 0 Å². The van der Waals surface area contributed by atoms with Gasteiger partial charge >= 0.3 is 0 Å². The normalized spacial score (nSPS) is 12.6. The van der Waals surface area contributed by atoms with Gasteiger partial charge in [0, 0.05) is 24.3 Å². The van der Waals surface area contributed by atoms with Crippen molar-refractivity contribution in [3.8, 4) is 0 Å². The van der Waals surface area contributed by atoms with Crippen molar-refractivity contribution in [2.75, 3.05) is 0 Å². The molecule has 1 aromatic heterocycles. The Morgan fingerprint density at radius 3 is 2.50 bits per heavy atom. The molecule has 18 heavy (non-hydrogen) atoms. The standard InChI is InChI=1S/C15H21N3/c1-3-12-5-7-14(8-6-12)15(4-2)16-9-13-10-17-18-11-13/h5-8,10-11,15-16H,3-4,9H2,1-2H3,(H,17,18). The number of aromatic nitrogens is 2. The molecule has 0 amide bonds. The minimum absolute atomic E-state index is 0.408. The van der Waals surface area contributed by atoms with Crippen LogP contribution in [0.15, 0.2) is 36.7 Å². The molecular formula is C15H21N3. The second-order valence-electron chi connectivity index (χ2n) is 4.54. The highest BCUT2D eigenvalue weighted by Crippen LogP contribution is 2.18. The van der Waals surface area contributed by atoms with Crippen LogP contribution in [0, 0.1) is 0 Å². The maximum atomic E-state index is 3.96. The highest BCUT2D eigenvalue weighted by molar-refractivity contribution is 5.25. The third-order valence-corrected chi connectivity index (χ3v) is 3.31. The molecule has 2 N–H and O–H groups in total. The smallest absolute Gasteiger partial charge is 0.0532 e. The van der Waals surface area contributed by atoms with Gasteiger partial charge in [0.2, 0.25) is 0 Å². The number of hydrogen-bond acceptors (Lipinski definition) is 2. The van der Waals surface area contributed by atoms with Gasteiger partial charge in [0.25, 0.3) is 0 Å². The first-order valence-corrected chi connectivity index (χ1v) is 6.63. The fourth-order valence-corrected chi connectivity index (χ4v) is 2.10. The highest BCUT2D eigenvalue weighted by atomic mass is 15.1. The van der Waals surface area contributed by atoms with Gasteiger partial charge in [0.15, 0.2) is 0 Å². The average molecular weight is 243 g/mol. The summed E-state index contributed by atoms with van der Waals surface area (Å²) < 4.78 is 0. The highest BCUT2D eigenvalue weighted by Gasteiger charge is 2.08. The van der Waals surface area contributed by atoms with Crippen LogP contribution in [-0.4, -0.2) is 10.2 Å². The summed E-state index contributed by atoms with van der Waals surface area (Å²) in [6.07, 6.45) is 5.97. The van der Waals surface area contributed by atoms with E-state index in [2.05, 4.69) is 53.6 Å². The number of nitrogens with zero attached hydrogens (tertiary/aromatic N) is 1. The molecule has 0 saturated heterocycles. The van der Waals surface area contributed by atoms with E-state index in [1.54, 1.807) is 0 Å². The summed E-state index contributed by atoms with van der Waals surface area (Å²) in [6.45, 7) is 5.24. The Kier molecular flexibility index (Phi) is 4.53. The van der Waals surface area contributed by atoms with Crippen LogP contribution in [0.1, 0.15) is 43.0 Å². The zero-order chi connectivity index (χ0) is 12.8. The van der Waals surface area contributed by atoms with Gasteiger partial charge in [-0.2, -0.15) is 5.10 Å². The van der Waals surface area contributed by atoms with E-state index in [-0.39, 0.29) is 0 Å². The molecule has 1 unspecified atom stereocenters. The zero-order valence-corrected chi connectivity index (χ0v) is 11.1. The summed E-state index contributed by atoms with van der Waals surface area (Å²) in [5, 5.41) is 10.4. The van der Waals surface area contributed by atoms with E-state index in [0.717, 1.165) is 19.4 Å². The van der Waals surface area contributed by atoms with Crippen molar-refractivity contribution in [3.63, 3.8) is 0 Å². The molecule has 0 fully saturated rings. The lowest BCUT2D eigenvalue weighted by Crippen LogP contribution is -2.20. The molecule has 0 aliphatic carbocycles. The molecule has 1 aromatic carbocycles. The van der Waals surface area contributed by atoms with Crippen LogP contribution in [0.3, 0.4) is 0 Å². The van der Waals surface area contributed by atoms with Crippen LogP contribution in [0.25, 0.3) is 0 Å². The predicted octanol–water partition coefficient (Wildman–Crippen LogP) is 3.21. The van der Waals surface area contributed by atoms with Gasteiger partial charge in [-0.25, -0.2) is 0 Å². The Morgan fingerprint density at radius 1 is 1.17 bits per heavy atom. The number of aromatic amines is 1. The lowest BCUT2D eigenvalue weighted by Gasteiger charge is -2.17. The van der Waals surface area contributed by atoms with Gasteiger partial charge in [0.1, 0.15) is 0 Å². The molecule has 1 atom stereocenters. The molecule has 0 bridgehead atoms. The van der Waals surface area contributed by atoms with Crippen molar-refractivity contribution < 1.29 is 0 Å². The molecule has 3 heteroatoms. The number of hydrogen-bond donors (Lipinski definition) is 2. The van der Waals surface area contributed by atoms with Crippen LogP contribution >= 0.6 is 0 Å². The summed E-state index contributed by atoms with van der Waals surface area (Å²) in [6, 6.07) is 9.31. The van der Waals surface area contributed by atoms with Gasteiger partial charge in [-0.05, 0) is 24.0 Å². The van der Waals surface area contributed by atoms with Crippen molar-refractivity contribution in [1.82, 2.24) is 15.5 Å². The molecule has 0 radical (unpaired) electrons. The monoisotopic (exact) mass is 243 g/mol. The largest absolute Gasteiger partial charge is 0.306 e. The van der Waals surface area contributed by atoms with Gasteiger partial charge < -0.3 is 5.32 Å². The first kappa shape index (κ1) is 12.8. The Bertz CT molecular complexity index is 445. The minimum Gasteiger partial charge on any atom is -0.306 e. The SMILES string of the molecule is CCc1ccc(C(CC)NCc2cn[nH]c2)cc1. The number of rotatable bonds is 6. The first-order valence-electron chi connectivity index (χ1n) is 6.63. The Labute approximate surface area is 109 Å². The van der Waals surface area contributed by atoms with E-state index in [1.807, 2.05) is 12.4 Å². The van der Waals surface area contributed by atoms with Crippen LogP contribution in [-0.2, 0) is 13.0 Å². The molecule has 3 nitrogen and oxygen atoms in total. The van der Waals surface area contributed by atoms with E-state index in [9.17, 15) is 0 Å². The Hall–Kier alpha value is -1.61. The lowest BCUT2D eigenvalue weighted by atomic mass is 10.0. The Balaban J connectivity index is 1.98. The molecule has 0 aliphatic rings. The van der Waals surface area contributed by atoms with E-state index < -0.39 is 0 Å². The second kappa shape index (κ2) is 6.36. The molecule has 1 heterocycles. The molecule has 0 saturated carbocycles. The van der Waals surface area contributed by atoms with Crippen LogP contribution < -0.4 is 5.32 Å². The summed E-state index contributed by atoms with van der Waals surface area (Å²) in [7, 11) is 0. The van der Waals surface area contributed by atoms with Crippen LogP contribution in [0.5, 0.6) is 0 Å². The van der Waals surface area contributed by atoms with Gasteiger partial charge in [-0.1, -0.05) is 38.1 Å². The number of H-pyrrole nitrogens is 1. The fourth-order valence-electron chi connectivity index (χ4n) is 2.10. The van der Waals surface area contributed by atoms with Crippen molar-refractivity contribution >= 4 is 0 Å². The fraction of sp³-hybridized carbons (Fsp3) is 0.400. The number of benzene rings is 1.